The van der Waals surface area contributed by atoms with Crippen LogP contribution in [0.5, 0.6) is 0 Å². The third-order valence-corrected chi connectivity index (χ3v) is 4.60. The van der Waals surface area contributed by atoms with Crippen molar-refractivity contribution in [3.05, 3.63) is 35.5 Å². The molecule has 0 amide bonds. The van der Waals surface area contributed by atoms with Crippen molar-refractivity contribution in [3.8, 4) is 0 Å². The molecule has 6 nitrogen and oxygen atoms in total. The van der Waals surface area contributed by atoms with Crippen LogP contribution in [-0.2, 0) is 7.05 Å². The maximum Gasteiger partial charge on any atom is 0.226 e. The second-order valence-corrected chi connectivity index (χ2v) is 6.60. The molecule has 0 unspecified atom stereocenters. The van der Waals surface area contributed by atoms with E-state index in [9.17, 15) is 0 Å². The quantitative estimate of drug-likeness (QED) is 0.746. The molecule has 1 saturated carbocycles. The molecular formula is C17H19ClN6. The fourth-order valence-electron chi connectivity index (χ4n) is 3.14. The van der Waals surface area contributed by atoms with Gasteiger partial charge in [0.1, 0.15) is 5.82 Å². The van der Waals surface area contributed by atoms with Crippen LogP contribution in [0.25, 0.3) is 11.0 Å². The van der Waals surface area contributed by atoms with Crippen LogP contribution >= 0.6 is 11.6 Å². The first-order chi connectivity index (χ1) is 11.7. The Morgan fingerprint density at radius 3 is 2.83 bits per heavy atom. The summed E-state index contributed by atoms with van der Waals surface area (Å²) in [5.74, 6) is 1.37. The molecule has 0 saturated heterocycles. The standard InChI is InChI=1S/C17H19ClN6/c1-24-16-14(10-19-24)15(20-13-8-4-5-11(18)9-13)22-17(23-16)21-12-6-2-3-7-12/h4-5,8-10,12H,2-3,6-7H2,1H3,(H2,20,21,22,23). The van der Waals surface area contributed by atoms with E-state index in [1.807, 2.05) is 31.3 Å². The molecule has 0 aliphatic heterocycles. The van der Waals surface area contributed by atoms with Crippen molar-refractivity contribution >= 4 is 40.1 Å². The number of halogens is 1. The van der Waals surface area contributed by atoms with Gasteiger partial charge >= 0.3 is 0 Å². The van der Waals surface area contributed by atoms with Gasteiger partial charge in [0.25, 0.3) is 0 Å². The van der Waals surface area contributed by atoms with Crippen molar-refractivity contribution in [1.82, 2.24) is 19.7 Å². The summed E-state index contributed by atoms with van der Waals surface area (Å²) in [5, 5.41) is 12.7. The van der Waals surface area contributed by atoms with Crippen molar-refractivity contribution in [1.29, 1.82) is 0 Å². The van der Waals surface area contributed by atoms with Crippen LogP contribution in [0.3, 0.4) is 0 Å². The average molecular weight is 343 g/mol. The van der Waals surface area contributed by atoms with Gasteiger partial charge in [-0.05, 0) is 31.0 Å². The van der Waals surface area contributed by atoms with E-state index in [4.69, 9.17) is 11.6 Å². The summed E-state index contributed by atoms with van der Waals surface area (Å²) in [6.45, 7) is 0. The molecule has 1 aliphatic carbocycles. The minimum Gasteiger partial charge on any atom is -0.351 e. The highest BCUT2D eigenvalue weighted by molar-refractivity contribution is 6.30. The molecule has 7 heteroatoms. The first-order valence-corrected chi connectivity index (χ1v) is 8.56. The Balaban J connectivity index is 1.71. The largest absolute Gasteiger partial charge is 0.351 e. The zero-order valence-corrected chi connectivity index (χ0v) is 14.2. The van der Waals surface area contributed by atoms with Crippen molar-refractivity contribution in [2.75, 3.05) is 10.6 Å². The second kappa shape index (κ2) is 6.28. The third-order valence-electron chi connectivity index (χ3n) is 4.37. The molecule has 1 aliphatic rings. The van der Waals surface area contributed by atoms with Gasteiger partial charge in [0.15, 0.2) is 5.65 Å². The molecule has 0 radical (unpaired) electrons. The zero-order chi connectivity index (χ0) is 16.5. The Bertz CT molecular complexity index is 869. The molecule has 0 bridgehead atoms. The lowest BCUT2D eigenvalue weighted by molar-refractivity contribution is 0.742. The van der Waals surface area contributed by atoms with Gasteiger partial charge in [-0.25, -0.2) is 0 Å². The van der Waals surface area contributed by atoms with Crippen molar-refractivity contribution < 1.29 is 0 Å². The van der Waals surface area contributed by atoms with E-state index in [1.54, 1.807) is 10.9 Å². The van der Waals surface area contributed by atoms with Crippen LogP contribution in [0.15, 0.2) is 30.5 Å². The van der Waals surface area contributed by atoms with E-state index in [2.05, 4.69) is 25.7 Å². The summed E-state index contributed by atoms with van der Waals surface area (Å²) in [5.41, 5.74) is 1.69. The summed E-state index contributed by atoms with van der Waals surface area (Å²) < 4.78 is 1.76. The maximum absolute atomic E-state index is 6.08. The third kappa shape index (κ3) is 3.01. The average Bonchev–Trinajstić information content (AvgIpc) is 3.18. The summed E-state index contributed by atoms with van der Waals surface area (Å²) in [6.07, 6.45) is 6.65. The highest BCUT2D eigenvalue weighted by atomic mass is 35.5. The number of hydrogen-bond acceptors (Lipinski definition) is 5. The normalized spacial score (nSPS) is 15.1. The number of nitrogens with one attached hydrogen (secondary N) is 2. The number of anilines is 3. The molecule has 1 aromatic carbocycles. The minimum absolute atomic E-state index is 0.453. The molecule has 3 aromatic rings. The minimum atomic E-state index is 0.453. The Morgan fingerprint density at radius 2 is 2.04 bits per heavy atom. The van der Waals surface area contributed by atoms with E-state index in [1.165, 1.54) is 25.7 Å². The topological polar surface area (TPSA) is 67.7 Å². The predicted octanol–water partition coefficient (Wildman–Crippen LogP) is 4.11. The number of aryl methyl sites for hydroxylation is 1. The lowest BCUT2D eigenvalue weighted by Gasteiger charge is -2.14. The number of rotatable bonds is 4. The van der Waals surface area contributed by atoms with Gasteiger partial charge in [-0.1, -0.05) is 30.5 Å². The highest BCUT2D eigenvalue weighted by Crippen LogP contribution is 2.27. The Morgan fingerprint density at radius 1 is 1.21 bits per heavy atom. The van der Waals surface area contributed by atoms with Crippen molar-refractivity contribution in [2.45, 2.75) is 31.7 Å². The number of hydrogen-bond donors (Lipinski definition) is 2. The van der Waals surface area contributed by atoms with Gasteiger partial charge in [-0.3, -0.25) is 4.68 Å². The first kappa shape index (κ1) is 15.2. The van der Waals surface area contributed by atoms with Gasteiger partial charge in [-0.2, -0.15) is 15.1 Å². The van der Waals surface area contributed by atoms with Crippen LogP contribution in [0.4, 0.5) is 17.5 Å². The molecule has 24 heavy (non-hydrogen) atoms. The van der Waals surface area contributed by atoms with Gasteiger partial charge < -0.3 is 10.6 Å². The predicted molar refractivity (Wildman–Crippen MR) is 96.9 cm³/mol. The number of benzene rings is 1. The van der Waals surface area contributed by atoms with E-state index in [0.29, 0.717) is 17.0 Å². The van der Waals surface area contributed by atoms with Gasteiger partial charge in [0.2, 0.25) is 5.95 Å². The lowest BCUT2D eigenvalue weighted by atomic mass is 10.2. The molecule has 124 valence electrons. The first-order valence-electron chi connectivity index (χ1n) is 8.18. The fourth-order valence-corrected chi connectivity index (χ4v) is 3.33. The van der Waals surface area contributed by atoms with Crippen molar-refractivity contribution in [3.63, 3.8) is 0 Å². The van der Waals surface area contributed by atoms with Crippen LogP contribution in [0.1, 0.15) is 25.7 Å². The van der Waals surface area contributed by atoms with Crippen LogP contribution in [0, 0.1) is 0 Å². The summed E-state index contributed by atoms with van der Waals surface area (Å²) in [6, 6.07) is 8.04. The fraction of sp³-hybridized carbons (Fsp3) is 0.353. The molecule has 0 spiro atoms. The monoisotopic (exact) mass is 342 g/mol. The molecule has 2 N–H and O–H groups in total. The number of fused-ring (bicyclic) bond motifs is 1. The lowest BCUT2D eigenvalue weighted by Crippen LogP contribution is -2.17. The summed E-state index contributed by atoms with van der Waals surface area (Å²) in [7, 11) is 1.89. The summed E-state index contributed by atoms with van der Waals surface area (Å²) in [4.78, 5) is 9.30. The van der Waals surface area contributed by atoms with Crippen molar-refractivity contribution in [2.24, 2.45) is 7.05 Å². The molecule has 4 rings (SSSR count). The van der Waals surface area contributed by atoms with E-state index in [0.717, 1.165) is 22.5 Å². The molecular weight excluding hydrogens is 324 g/mol. The second-order valence-electron chi connectivity index (χ2n) is 6.16. The molecule has 0 atom stereocenters. The van der Waals surface area contributed by atoms with E-state index < -0.39 is 0 Å². The van der Waals surface area contributed by atoms with E-state index in [-0.39, 0.29) is 0 Å². The van der Waals surface area contributed by atoms with Gasteiger partial charge in [0, 0.05) is 23.8 Å². The Kier molecular flexibility index (Phi) is 3.98. The number of aromatic nitrogens is 4. The molecule has 2 aromatic heterocycles. The zero-order valence-electron chi connectivity index (χ0n) is 13.5. The van der Waals surface area contributed by atoms with Crippen LogP contribution < -0.4 is 10.6 Å². The van der Waals surface area contributed by atoms with Gasteiger partial charge in [-0.15, -0.1) is 0 Å². The molecule has 2 heterocycles. The molecule has 1 fully saturated rings. The van der Waals surface area contributed by atoms with Crippen LogP contribution in [0.2, 0.25) is 5.02 Å². The Labute approximate surface area is 145 Å². The van der Waals surface area contributed by atoms with Crippen LogP contribution in [-0.4, -0.2) is 25.8 Å². The Hall–Kier alpha value is -2.34. The number of nitrogens with zero attached hydrogens (tertiary/aromatic N) is 4. The van der Waals surface area contributed by atoms with Gasteiger partial charge in [0.05, 0.1) is 11.6 Å². The highest BCUT2D eigenvalue weighted by Gasteiger charge is 2.18. The smallest absolute Gasteiger partial charge is 0.226 e. The maximum atomic E-state index is 6.08. The van der Waals surface area contributed by atoms with E-state index >= 15 is 0 Å². The SMILES string of the molecule is Cn1ncc2c(Nc3cccc(Cl)c3)nc(NC3CCCC3)nc21. The summed E-state index contributed by atoms with van der Waals surface area (Å²) >= 11 is 6.08.